The number of amides is 1. The maximum atomic E-state index is 13.2. The first-order valence-electron chi connectivity index (χ1n) is 9.06. The molecule has 0 aliphatic rings. The fourth-order valence-electron chi connectivity index (χ4n) is 2.85. The Hall–Kier alpha value is -2.25. The number of nitrogens with zero attached hydrogens (tertiary/aromatic N) is 2. The summed E-state index contributed by atoms with van der Waals surface area (Å²) in [5, 5.41) is 0.607. The molecule has 0 aliphatic heterocycles. The lowest BCUT2D eigenvalue weighted by Crippen LogP contribution is -2.42. The number of aromatic nitrogens is 2. The van der Waals surface area contributed by atoms with Crippen molar-refractivity contribution < 1.29 is 4.79 Å². The molecule has 0 saturated carbocycles. The topological polar surface area (TPSA) is 101 Å². The van der Waals surface area contributed by atoms with E-state index < -0.39 is 17.2 Å². The summed E-state index contributed by atoms with van der Waals surface area (Å²) in [6.45, 7) is 6.38. The van der Waals surface area contributed by atoms with E-state index in [1.54, 1.807) is 0 Å². The molecule has 0 atom stereocenters. The molecule has 1 aromatic heterocycles. The lowest BCUT2D eigenvalue weighted by atomic mass is 10.1. The third-order valence-corrected chi connectivity index (χ3v) is 4.56. The number of halogens is 2. The second-order valence-electron chi connectivity index (χ2n) is 6.97. The number of anilines is 2. The number of nitrogen functional groups attached to an aromatic ring is 1. The normalized spacial score (nSPS) is 11.1. The van der Waals surface area contributed by atoms with Crippen molar-refractivity contribution in [1.82, 2.24) is 9.55 Å². The molecular weight excluding hydrogens is 403 g/mol. The first-order chi connectivity index (χ1) is 13.1. The van der Waals surface area contributed by atoms with Crippen LogP contribution in [0.1, 0.15) is 44.0 Å². The second kappa shape index (κ2) is 9.30. The minimum atomic E-state index is -0.708. The van der Waals surface area contributed by atoms with E-state index in [1.165, 1.54) is 27.7 Å². The van der Waals surface area contributed by atoms with Crippen molar-refractivity contribution in [2.45, 2.75) is 40.2 Å². The number of rotatable bonds is 7. The van der Waals surface area contributed by atoms with Gasteiger partial charge in [-0.05, 0) is 30.5 Å². The Morgan fingerprint density at radius 3 is 2.36 bits per heavy atom. The molecule has 7 nitrogen and oxygen atoms in total. The van der Waals surface area contributed by atoms with Crippen molar-refractivity contribution >= 4 is 40.6 Å². The SMILES string of the molecule is CCCCN(C(=O)c1cc(Cl)cc(Cl)c1)c1c(N)n(CC(C)C)c(=O)[nH]c1=O. The van der Waals surface area contributed by atoms with Gasteiger partial charge in [-0.25, -0.2) is 4.79 Å². The minimum absolute atomic E-state index is 0.0416. The van der Waals surface area contributed by atoms with E-state index in [4.69, 9.17) is 28.9 Å². The van der Waals surface area contributed by atoms with Crippen LogP contribution in [0.3, 0.4) is 0 Å². The predicted octanol–water partition coefficient (Wildman–Crippen LogP) is 3.53. The Labute approximate surface area is 173 Å². The molecule has 9 heteroatoms. The van der Waals surface area contributed by atoms with E-state index in [1.807, 2.05) is 20.8 Å². The average Bonchev–Trinajstić information content (AvgIpc) is 2.59. The van der Waals surface area contributed by atoms with Gasteiger partial charge in [0.15, 0.2) is 5.69 Å². The van der Waals surface area contributed by atoms with Gasteiger partial charge in [0, 0.05) is 28.7 Å². The van der Waals surface area contributed by atoms with Crippen molar-refractivity contribution in [2.24, 2.45) is 5.92 Å². The minimum Gasteiger partial charge on any atom is -0.383 e. The van der Waals surface area contributed by atoms with Crippen LogP contribution in [0.5, 0.6) is 0 Å². The third-order valence-electron chi connectivity index (χ3n) is 4.12. The van der Waals surface area contributed by atoms with E-state index >= 15 is 0 Å². The van der Waals surface area contributed by atoms with Gasteiger partial charge in [0.1, 0.15) is 5.82 Å². The molecule has 3 N–H and O–H groups in total. The van der Waals surface area contributed by atoms with E-state index in [9.17, 15) is 14.4 Å². The van der Waals surface area contributed by atoms with Crippen LogP contribution >= 0.6 is 23.2 Å². The average molecular weight is 427 g/mol. The van der Waals surface area contributed by atoms with Crippen LogP contribution in [-0.4, -0.2) is 22.0 Å². The van der Waals surface area contributed by atoms with Gasteiger partial charge in [0.05, 0.1) is 0 Å². The number of benzene rings is 1. The van der Waals surface area contributed by atoms with Crippen LogP contribution in [0.4, 0.5) is 11.5 Å². The predicted molar refractivity (Wildman–Crippen MR) is 114 cm³/mol. The summed E-state index contributed by atoms with van der Waals surface area (Å²) in [7, 11) is 0. The van der Waals surface area contributed by atoms with E-state index in [0.717, 1.165) is 6.42 Å². The first-order valence-corrected chi connectivity index (χ1v) is 9.81. The highest BCUT2D eigenvalue weighted by Gasteiger charge is 2.25. The summed E-state index contributed by atoms with van der Waals surface area (Å²) < 4.78 is 1.28. The highest BCUT2D eigenvalue weighted by atomic mass is 35.5. The number of H-pyrrole nitrogens is 1. The molecule has 28 heavy (non-hydrogen) atoms. The van der Waals surface area contributed by atoms with Gasteiger partial charge in [-0.2, -0.15) is 0 Å². The van der Waals surface area contributed by atoms with Gasteiger partial charge < -0.3 is 10.6 Å². The molecule has 1 aromatic carbocycles. The summed E-state index contributed by atoms with van der Waals surface area (Å²) >= 11 is 12.0. The summed E-state index contributed by atoms with van der Waals surface area (Å²) in [4.78, 5) is 41.5. The quantitative estimate of drug-likeness (QED) is 0.706. The molecule has 0 unspecified atom stereocenters. The molecule has 152 valence electrons. The van der Waals surface area contributed by atoms with Crippen LogP contribution in [0.15, 0.2) is 27.8 Å². The van der Waals surface area contributed by atoms with Crippen LogP contribution in [0.2, 0.25) is 10.0 Å². The standard InChI is InChI=1S/C19H24Cl2N4O3/c1-4-5-6-24(18(27)12-7-13(20)9-14(21)8-12)15-16(22)25(10-11(2)3)19(28)23-17(15)26/h7-9,11H,4-6,10,22H2,1-3H3,(H,23,26,28). The van der Waals surface area contributed by atoms with Crippen molar-refractivity contribution in [3.63, 3.8) is 0 Å². The molecule has 0 saturated heterocycles. The number of aromatic amines is 1. The Kier molecular flexibility index (Phi) is 7.32. The molecule has 0 radical (unpaired) electrons. The number of nitrogens with one attached hydrogen (secondary N) is 1. The summed E-state index contributed by atoms with van der Waals surface area (Å²) in [5.74, 6) is -0.393. The fraction of sp³-hybridized carbons (Fsp3) is 0.421. The molecule has 0 bridgehead atoms. The monoisotopic (exact) mass is 426 g/mol. The summed E-state index contributed by atoms with van der Waals surface area (Å²) in [5.41, 5.74) is 5.05. The maximum Gasteiger partial charge on any atom is 0.330 e. The fourth-order valence-corrected chi connectivity index (χ4v) is 3.37. The summed E-state index contributed by atoms with van der Waals surface area (Å²) in [6.07, 6.45) is 1.44. The maximum absolute atomic E-state index is 13.2. The van der Waals surface area contributed by atoms with Crippen molar-refractivity contribution in [3.05, 3.63) is 54.6 Å². The van der Waals surface area contributed by atoms with Crippen LogP contribution in [0, 0.1) is 5.92 Å². The highest BCUT2D eigenvalue weighted by Crippen LogP contribution is 2.24. The Balaban J connectivity index is 2.64. The van der Waals surface area contributed by atoms with Gasteiger partial charge in [-0.15, -0.1) is 0 Å². The molecule has 2 rings (SSSR count). The van der Waals surface area contributed by atoms with E-state index in [2.05, 4.69) is 4.98 Å². The van der Waals surface area contributed by atoms with Gasteiger partial charge in [-0.1, -0.05) is 50.4 Å². The first kappa shape index (κ1) is 22.0. The molecule has 1 heterocycles. The zero-order valence-electron chi connectivity index (χ0n) is 16.1. The number of nitrogens with two attached hydrogens (primary N) is 1. The molecular formula is C19H24Cl2N4O3. The number of carbonyl (C=O) groups is 1. The molecule has 0 spiro atoms. The molecule has 0 aliphatic carbocycles. The lowest BCUT2D eigenvalue weighted by molar-refractivity contribution is 0.0986. The van der Waals surface area contributed by atoms with Gasteiger partial charge in [-0.3, -0.25) is 19.1 Å². The molecule has 2 aromatic rings. The van der Waals surface area contributed by atoms with Crippen LogP contribution in [0.25, 0.3) is 0 Å². The van der Waals surface area contributed by atoms with Crippen LogP contribution < -0.4 is 21.9 Å². The second-order valence-corrected chi connectivity index (χ2v) is 7.84. The van der Waals surface area contributed by atoms with Gasteiger partial charge in [0.2, 0.25) is 0 Å². The zero-order valence-corrected chi connectivity index (χ0v) is 17.6. The van der Waals surface area contributed by atoms with Crippen molar-refractivity contribution in [1.29, 1.82) is 0 Å². The lowest BCUT2D eigenvalue weighted by Gasteiger charge is -2.25. The van der Waals surface area contributed by atoms with E-state index in [-0.39, 0.29) is 29.5 Å². The summed E-state index contributed by atoms with van der Waals surface area (Å²) in [6, 6.07) is 4.47. The van der Waals surface area contributed by atoms with Crippen molar-refractivity contribution in [3.8, 4) is 0 Å². The molecule has 1 amide bonds. The highest BCUT2D eigenvalue weighted by molar-refractivity contribution is 6.35. The van der Waals surface area contributed by atoms with Crippen molar-refractivity contribution in [2.75, 3.05) is 17.2 Å². The molecule has 0 fully saturated rings. The largest absolute Gasteiger partial charge is 0.383 e. The number of hydrogen-bond acceptors (Lipinski definition) is 4. The number of carbonyl (C=O) groups excluding carboxylic acids is 1. The van der Waals surface area contributed by atoms with E-state index in [0.29, 0.717) is 23.0 Å². The van der Waals surface area contributed by atoms with Gasteiger partial charge in [0.25, 0.3) is 11.5 Å². The van der Waals surface area contributed by atoms with Gasteiger partial charge >= 0.3 is 5.69 Å². The van der Waals surface area contributed by atoms with Crippen LogP contribution in [-0.2, 0) is 6.54 Å². The zero-order chi connectivity index (χ0) is 21.0. The third kappa shape index (κ3) is 4.97. The smallest absolute Gasteiger partial charge is 0.330 e. The number of hydrogen-bond donors (Lipinski definition) is 2. The Morgan fingerprint density at radius 1 is 1.21 bits per heavy atom. The Morgan fingerprint density at radius 2 is 1.82 bits per heavy atom. The Bertz CT molecular complexity index is 962. The number of unbranched alkanes of at least 4 members (excludes halogenated alkanes) is 1.